The molecular weight excluding hydrogens is 313 g/mol. The first-order valence-electron chi connectivity index (χ1n) is 7.28. The van der Waals surface area contributed by atoms with Crippen LogP contribution in [-0.2, 0) is 12.2 Å². The molecule has 1 unspecified atom stereocenters. The van der Waals surface area contributed by atoms with Crippen molar-refractivity contribution in [2.24, 2.45) is 0 Å². The van der Waals surface area contributed by atoms with E-state index in [1.807, 2.05) is 36.4 Å². The van der Waals surface area contributed by atoms with Crippen molar-refractivity contribution in [2.75, 3.05) is 0 Å². The summed E-state index contributed by atoms with van der Waals surface area (Å²) in [6.07, 6.45) is 0.747. The Morgan fingerprint density at radius 1 is 1.04 bits per heavy atom. The Morgan fingerprint density at radius 2 is 1.83 bits per heavy atom. The van der Waals surface area contributed by atoms with Gasteiger partial charge in [-0.05, 0) is 23.3 Å². The fourth-order valence-corrected chi connectivity index (χ4v) is 2.91. The molecule has 0 bridgehead atoms. The van der Waals surface area contributed by atoms with Crippen molar-refractivity contribution in [3.05, 3.63) is 77.4 Å². The number of thioether (sulfide) groups is 1. The number of hydrogen-bond donors (Lipinski definition) is 1. The lowest BCUT2D eigenvalue weighted by atomic mass is 10.1. The zero-order chi connectivity index (χ0) is 16.1. The Hall–Kier alpha value is -2.18. The predicted octanol–water partition coefficient (Wildman–Crippen LogP) is 3.03. The molecule has 118 valence electrons. The van der Waals surface area contributed by atoms with Crippen LogP contribution >= 0.6 is 11.8 Å². The number of quaternary nitrogens is 1. The van der Waals surface area contributed by atoms with Crippen molar-refractivity contribution in [3.63, 3.8) is 0 Å². The Kier molecular flexibility index (Phi) is 5.05. The third-order valence-electron chi connectivity index (χ3n) is 3.35. The van der Waals surface area contributed by atoms with E-state index in [0.717, 1.165) is 12.0 Å². The molecule has 0 radical (unpaired) electrons. The smallest absolute Gasteiger partial charge is 0.277 e. The highest BCUT2D eigenvalue weighted by Crippen LogP contribution is 2.23. The van der Waals surface area contributed by atoms with E-state index in [2.05, 4.69) is 15.9 Å². The molecule has 0 fully saturated rings. The van der Waals surface area contributed by atoms with Crippen LogP contribution in [0, 0.1) is 5.82 Å². The summed E-state index contributed by atoms with van der Waals surface area (Å²) in [5, 5.41) is 8.57. The zero-order valence-electron chi connectivity index (χ0n) is 12.5. The van der Waals surface area contributed by atoms with Crippen LogP contribution in [0.15, 0.2) is 64.2 Å². The molecule has 3 rings (SSSR count). The number of halogens is 1. The molecule has 0 aliphatic carbocycles. The second-order valence-electron chi connectivity index (χ2n) is 5.21. The minimum atomic E-state index is -0.241. The Labute approximate surface area is 137 Å². The predicted molar refractivity (Wildman–Crippen MR) is 86.0 cm³/mol. The molecule has 6 heteroatoms. The summed E-state index contributed by atoms with van der Waals surface area (Å²) < 4.78 is 18.8. The number of benzene rings is 2. The van der Waals surface area contributed by atoms with Crippen molar-refractivity contribution in [3.8, 4) is 0 Å². The highest BCUT2D eigenvalue weighted by Gasteiger charge is 2.18. The van der Waals surface area contributed by atoms with Gasteiger partial charge in [-0.3, -0.25) is 0 Å². The van der Waals surface area contributed by atoms with Crippen LogP contribution in [0.4, 0.5) is 4.39 Å². The lowest BCUT2D eigenvalue weighted by Crippen LogP contribution is -2.54. The van der Waals surface area contributed by atoms with Gasteiger partial charge in [0.15, 0.2) is 6.04 Å². The largest absolute Gasteiger partial charge is 0.410 e. The van der Waals surface area contributed by atoms with Crippen LogP contribution in [0.3, 0.4) is 0 Å². The van der Waals surface area contributed by atoms with Crippen molar-refractivity contribution in [2.45, 2.75) is 23.4 Å². The van der Waals surface area contributed by atoms with E-state index in [9.17, 15) is 4.39 Å². The van der Waals surface area contributed by atoms with E-state index in [4.69, 9.17) is 4.42 Å². The third-order valence-corrected chi connectivity index (χ3v) is 4.24. The molecule has 0 aliphatic heterocycles. The number of nitrogens with zero attached hydrogens (tertiary/aromatic N) is 2. The second-order valence-corrected chi connectivity index (χ2v) is 6.14. The molecule has 3 aromatic rings. The lowest BCUT2D eigenvalue weighted by Gasteiger charge is -2.03. The summed E-state index contributed by atoms with van der Waals surface area (Å²) in [7, 11) is 0. The van der Waals surface area contributed by atoms with Crippen LogP contribution in [0.1, 0.15) is 23.1 Å². The van der Waals surface area contributed by atoms with Crippen LogP contribution in [0.5, 0.6) is 0 Å². The maximum absolute atomic E-state index is 13.1. The second kappa shape index (κ2) is 7.39. The van der Waals surface area contributed by atoms with Crippen LogP contribution in [-0.4, -0.2) is 10.2 Å². The van der Waals surface area contributed by atoms with Crippen molar-refractivity contribution < 1.29 is 14.5 Å². The molecule has 1 aromatic heterocycles. The fourth-order valence-electron chi connectivity index (χ4n) is 2.20. The normalized spacial score (nSPS) is 12.3. The van der Waals surface area contributed by atoms with Gasteiger partial charge in [0.05, 0.1) is 0 Å². The summed E-state index contributed by atoms with van der Waals surface area (Å²) in [5.41, 5.74) is 6.15. The lowest BCUT2D eigenvalue weighted by molar-refractivity contribution is -0.431. The van der Waals surface area contributed by atoms with Gasteiger partial charge in [0.25, 0.3) is 11.1 Å². The summed E-state index contributed by atoms with van der Waals surface area (Å²) in [6, 6.07) is 16.5. The Morgan fingerprint density at radius 3 is 2.61 bits per heavy atom. The minimum Gasteiger partial charge on any atom is -0.410 e. The highest BCUT2D eigenvalue weighted by atomic mass is 32.2. The molecule has 23 heavy (non-hydrogen) atoms. The number of rotatable bonds is 6. The van der Waals surface area contributed by atoms with Gasteiger partial charge in [-0.25, -0.2) is 4.39 Å². The Bertz CT molecular complexity index is 763. The average Bonchev–Trinajstić information content (AvgIpc) is 3.03. The van der Waals surface area contributed by atoms with Gasteiger partial charge in [-0.15, -0.1) is 10.2 Å². The van der Waals surface area contributed by atoms with E-state index in [0.29, 0.717) is 16.9 Å². The molecule has 0 saturated carbocycles. The zero-order valence-corrected chi connectivity index (χ0v) is 13.3. The standard InChI is InChI=1S/C17H16FN3OS/c18-14-8-4-7-13(9-14)11-23-17-21-20-16(22-17)15(19)10-12-5-2-1-3-6-12/h1-9,15H,10-11,19H2/p+1. The van der Waals surface area contributed by atoms with Crippen molar-refractivity contribution in [1.82, 2.24) is 10.2 Å². The maximum Gasteiger partial charge on any atom is 0.277 e. The molecule has 2 aromatic carbocycles. The first kappa shape index (κ1) is 15.7. The van der Waals surface area contributed by atoms with Gasteiger partial charge >= 0.3 is 0 Å². The maximum atomic E-state index is 13.1. The first-order valence-corrected chi connectivity index (χ1v) is 8.27. The quantitative estimate of drug-likeness (QED) is 0.706. The van der Waals surface area contributed by atoms with E-state index < -0.39 is 0 Å². The van der Waals surface area contributed by atoms with E-state index in [-0.39, 0.29) is 11.9 Å². The van der Waals surface area contributed by atoms with Crippen molar-refractivity contribution >= 4 is 11.8 Å². The van der Waals surface area contributed by atoms with Gasteiger partial charge in [-0.1, -0.05) is 54.2 Å². The molecule has 0 aliphatic rings. The number of aromatic nitrogens is 2. The molecule has 1 atom stereocenters. The summed E-state index contributed by atoms with van der Waals surface area (Å²) in [5.74, 6) is 0.866. The van der Waals surface area contributed by atoms with Crippen LogP contribution in [0.25, 0.3) is 0 Å². The summed E-state index contributed by atoms with van der Waals surface area (Å²) in [4.78, 5) is 0. The SMILES string of the molecule is [NH3+]C(Cc1ccccc1)c1nnc(SCc2cccc(F)c2)o1. The van der Waals surface area contributed by atoms with Gasteiger partial charge in [0.2, 0.25) is 0 Å². The van der Waals surface area contributed by atoms with Gasteiger partial charge < -0.3 is 10.2 Å². The topological polar surface area (TPSA) is 66.6 Å². The fraction of sp³-hybridized carbons (Fsp3) is 0.176. The summed E-state index contributed by atoms with van der Waals surface area (Å²) >= 11 is 1.39. The molecule has 0 saturated heterocycles. The van der Waals surface area contributed by atoms with Crippen LogP contribution < -0.4 is 5.73 Å². The van der Waals surface area contributed by atoms with Gasteiger partial charge in [0, 0.05) is 12.2 Å². The average molecular weight is 330 g/mol. The monoisotopic (exact) mass is 330 g/mol. The molecular formula is C17H17FN3OS+. The molecule has 4 nitrogen and oxygen atoms in total. The molecule has 3 N–H and O–H groups in total. The van der Waals surface area contributed by atoms with E-state index in [1.165, 1.54) is 29.5 Å². The molecule has 0 spiro atoms. The van der Waals surface area contributed by atoms with Gasteiger partial charge in [0.1, 0.15) is 5.82 Å². The first-order chi connectivity index (χ1) is 11.2. The van der Waals surface area contributed by atoms with Gasteiger partial charge in [-0.2, -0.15) is 0 Å². The van der Waals surface area contributed by atoms with Crippen LogP contribution in [0.2, 0.25) is 0 Å². The molecule has 1 heterocycles. The summed E-state index contributed by atoms with van der Waals surface area (Å²) in [6.45, 7) is 0. The number of hydrogen-bond acceptors (Lipinski definition) is 4. The molecule has 0 amide bonds. The van der Waals surface area contributed by atoms with Crippen molar-refractivity contribution in [1.29, 1.82) is 0 Å². The Balaban J connectivity index is 1.59. The van der Waals surface area contributed by atoms with E-state index >= 15 is 0 Å². The third kappa shape index (κ3) is 4.40. The highest BCUT2D eigenvalue weighted by molar-refractivity contribution is 7.98. The minimum absolute atomic E-state index is 0.0894. The van der Waals surface area contributed by atoms with E-state index in [1.54, 1.807) is 6.07 Å².